The second-order valence-electron chi connectivity index (χ2n) is 7.60. The summed E-state index contributed by atoms with van der Waals surface area (Å²) in [5.41, 5.74) is 4.78. The van der Waals surface area contributed by atoms with Gasteiger partial charge >= 0.3 is 0 Å². The number of aryl methyl sites for hydroxylation is 1. The van der Waals surface area contributed by atoms with Crippen LogP contribution >= 0.6 is 11.6 Å². The van der Waals surface area contributed by atoms with E-state index in [0.717, 1.165) is 60.9 Å². The lowest BCUT2D eigenvalue weighted by atomic mass is 10.2. The maximum atomic E-state index is 6.13. The number of fused-ring (bicyclic) bond motifs is 3. The van der Waals surface area contributed by atoms with E-state index in [9.17, 15) is 0 Å². The Morgan fingerprint density at radius 2 is 1.93 bits per heavy atom. The number of piperazine rings is 1. The Hall–Kier alpha value is -2.97. The van der Waals surface area contributed by atoms with Crippen molar-refractivity contribution in [2.24, 2.45) is 0 Å². The van der Waals surface area contributed by atoms with E-state index in [-0.39, 0.29) is 0 Å². The van der Waals surface area contributed by atoms with Crippen LogP contribution in [0.15, 0.2) is 42.5 Å². The molecule has 1 saturated heterocycles. The van der Waals surface area contributed by atoms with Crippen LogP contribution in [0.4, 0.5) is 11.5 Å². The van der Waals surface area contributed by atoms with Crippen molar-refractivity contribution >= 4 is 39.8 Å². The number of hydrogen-bond acceptors (Lipinski definition) is 7. The molecule has 0 bridgehead atoms. The molecule has 0 aliphatic carbocycles. The van der Waals surface area contributed by atoms with E-state index in [4.69, 9.17) is 16.6 Å². The van der Waals surface area contributed by atoms with E-state index in [1.165, 1.54) is 5.69 Å². The first kappa shape index (κ1) is 19.0. The predicted molar refractivity (Wildman–Crippen MR) is 119 cm³/mol. The molecule has 5 rings (SSSR count). The first-order chi connectivity index (χ1) is 14.7. The molecule has 0 atom stereocenters. The fraction of sp³-hybridized carbons (Fsp3) is 0.333. The SMILES string of the molecule is Cc1ccc2nc(NCCN3CCN(c4cccc(Cl)c4)CC3)c3nnnn3c2c1. The van der Waals surface area contributed by atoms with E-state index >= 15 is 0 Å². The molecule has 1 N–H and O–H groups in total. The van der Waals surface area contributed by atoms with Gasteiger partial charge in [0.2, 0.25) is 5.65 Å². The first-order valence-corrected chi connectivity index (χ1v) is 10.5. The van der Waals surface area contributed by atoms with Gasteiger partial charge in [-0.2, -0.15) is 4.52 Å². The third kappa shape index (κ3) is 3.76. The minimum atomic E-state index is 0.652. The van der Waals surface area contributed by atoms with Crippen LogP contribution < -0.4 is 10.2 Å². The van der Waals surface area contributed by atoms with Crippen LogP contribution in [-0.4, -0.2) is 69.2 Å². The van der Waals surface area contributed by atoms with Crippen molar-refractivity contribution in [3.8, 4) is 0 Å². The summed E-state index contributed by atoms with van der Waals surface area (Å²) < 4.78 is 1.75. The van der Waals surface area contributed by atoms with Crippen LogP contribution in [-0.2, 0) is 0 Å². The second-order valence-corrected chi connectivity index (χ2v) is 8.04. The van der Waals surface area contributed by atoms with Crippen LogP contribution in [0.2, 0.25) is 5.02 Å². The molecule has 1 aliphatic rings. The van der Waals surface area contributed by atoms with Gasteiger partial charge in [0, 0.05) is 50.0 Å². The molecule has 2 aromatic heterocycles. The highest BCUT2D eigenvalue weighted by molar-refractivity contribution is 6.30. The van der Waals surface area contributed by atoms with Gasteiger partial charge in [0.15, 0.2) is 5.82 Å². The number of anilines is 2. The number of nitrogens with one attached hydrogen (secondary N) is 1. The molecule has 0 unspecified atom stereocenters. The minimum Gasteiger partial charge on any atom is -0.369 e. The molecule has 4 aromatic rings. The summed E-state index contributed by atoms with van der Waals surface area (Å²) in [5, 5.41) is 16.4. The van der Waals surface area contributed by atoms with Crippen LogP contribution in [0.1, 0.15) is 5.56 Å². The van der Waals surface area contributed by atoms with E-state index in [1.807, 2.05) is 31.2 Å². The van der Waals surface area contributed by atoms with Crippen LogP contribution in [0.25, 0.3) is 16.7 Å². The number of aromatic nitrogens is 5. The Morgan fingerprint density at radius 3 is 2.77 bits per heavy atom. The van der Waals surface area contributed by atoms with Gasteiger partial charge in [0.25, 0.3) is 0 Å². The highest BCUT2D eigenvalue weighted by atomic mass is 35.5. The maximum Gasteiger partial charge on any atom is 0.222 e. The molecule has 0 spiro atoms. The zero-order chi connectivity index (χ0) is 20.5. The highest BCUT2D eigenvalue weighted by Gasteiger charge is 2.17. The second kappa shape index (κ2) is 8.04. The molecule has 30 heavy (non-hydrogen) atoms. The number of nitrogens with zero attached hydrogens (tertiary/aromatic N) is 7. The largest absolute Gasteiger partial charge is 0.369 e. The van der Waals surface area contributed by atoms with Gasteiger partial charge in [-0.05, 0) is 53.2 Å². The summed E-state index contributed by atoms with van der Waals surface area (Å²) in [6.45, 7) is 7.78. The Balaban J connectivity index is 1.22. The number of tetrazole rings is 1. The molecule has 1 fully saturated rings. The van der Waals surface area contributed by atoms with Gasteiger partial charge < -0.3 is 10.2 Å². The molecule has 9 heteroatoms. The topological polar surface area (TPSA) is 74.5 Å². The fourth-order valence-corrected chi connectivity index (χ4v) is 4.10. The molecule has 0 saturated carbocycles. The van der Waals surface area contributed by atoms with Crippen molar-refractivity contribution in [2.75, 3.05) is 49.5 Å². The van der Waals surface area contributed by atoms with Crippen molar-refractivity contribution in [3.05, 3.63) is 53.1 Å². The van der Waals surface area contributed by atoms with E-state index < -0.39 is 0 Å². The van der Waals surface area contributed by atoms with Gasteiger partial charge in [0.1, 0.15) is 0 Å². The van der Waals surface area contributed by atoms with Crippen molar-refractivity contribution < 1.29 is 0 Å². The van der Waals surface area contributed by atoms with E-state index in [1.54, 1.807) is 4.52 Å². The minimum absolute atomic E-state index is 0.652. The van der Waals surface area contributed by atoms with Crippen LogP contribution in [0.5, 0.6) is 0 Å². The molecular weight excluding hydrogens is 400 g/mol. The predicted octanol–water partition coefficient (Wildman–Crippen LogP) is 2.87. The summed E-state index contributed by atoms with van der Waals surface area (Å²) in [6.07, 6.45) is 0. The van der Waals surface area contributed by atoms with Crippen molar-refractivity contribution in [1.82, 2.24) is 29.9 Å². The standard InChI is InChI=1S/C21H23ClN8/c1-15-5-6-18-19(13-15)30-21(25-26-27-30)20(24-18)23-7-8-28-9-11-29(12-10-28)17-4-2-3-16(22)14-17/h2-6,13-14H,7-12H2,1H3,(H,23,24). The number of benzene rings is 2. The lowest BCUT2D eigenvalue weighted by molar-refractivity contribution is 0.267. The first-order valence-electron chi connectivity index (χ1n) is 10.1. The molecule has 3 heterocycles. The summed E-state index contributed by atoms with van der Waals surface area (Å²) in [7, 11) is 0. The lowest BCUT2D eigenvalue weighted by Crippen LogP contribution is -2.47. The maximum absolute atomic E-state index is 6.13. The van der Waals surface area contributed by atoms with Crippen molar-refractivity contribution in [2.45, 2.75) is 6.92 Å². The van der Waals surface area contributed by atoms with Gasteiger partial charge in [-0.1, -0.05) is 23.7 Å². The Bertz CT molecular complexity index is 1180. The summed E-state index contributed by atoms with van der Waals surface area (Å²) in [4.78, 5) is 9.58. The quantitative estimate of drug-likeness (QED) is 0.530. The number of halogens is 1. The summed E-state index contributed by atoms with van der Waals surface area (Å²) >= 11 is 6.13. The number of hydrogen-bond donors (Lipinski definition) is 1. The molecule has 0 radical (unpaired) electrons. The van der Waals surface area contributed by atoms with Gasteiger partial charge in [-0.15, -0.1) is 5.10 Å². The Kier molecular flexibility index (Phi) is 5.10. The zero-order valence-electron chi connectivity index (χ0n) is 16.8. The molecule has 1 aliphatic heterocycles. The van der Waals surface area contributed by atoms with Crippen molar-refractivity contribution in [1.29, 1.82) is 0 Å². The van der Waals surface area contributed by atoms with Crippen molar-refractivity contribution in [3.63, 3.8) is 0 Å². The normalized spacial score (nSPS) is 15.2. The fourth-order valence-electron chi connectivity index (χ4n) is 3.92. The average molecular weight is 423 g/mol. The van der Waals surface area contributed by atoms with E-state index in [0.29, 0.717) is 11.5 Å². The molecule has 2 aromatic carbocycles. The van der Waals surface area contributed by atoms with Gasteiger partial charge in [-0.25, -0.2) is 4.98 Å². The van der Waals surface area contributed by atoms with E-state index in [2.05, 4.69) is 48.8 Å². The average Bonchev–Trinajstić information content (AvgIpc) is 3.25. The monoisotopic (exact) mass is 422 g/mol. The summed E-state index contributed by atoms with van der Waals surface area (Å²) in [5.74, 6) is 0.717. The smallest absolute Gasteiger partial charge is 0.222 e. The van der Waals surface area contributed by atoms with Gasteiger partial charge in [-0.3, -0.25) is 4.90 Å². The molecule has 154 valence electrons. The molecule has 8 nitrogen and oxygen atoms in total. The highest BCUT2D eigenvalue weighted by Crippen LogP contribution is 2.22. The molecular formula is C21H23ClN8. The molecule has 0 amide bonds. The third-order valence-electron chi connectivity index (χ3n) is 5.54. The third-order valence-corrected chi connectivity index (χ3v) is 5.77. The Morgan fingerprint density at radius 1 is 1.07 bits per heavy atom. The van der Waals surface area contributed by atoms with Gasteiger partial charge in [0.05, 0.1) is 11.0 Å². The Labute approximate surface area is 179 Å². The summed E-state index contributed by atoms with van der Waals surface area (Å²) in [6, 6.07) is 14.2. The lowest BCUT2D eigenvalue weighted by Gasteiger charge is -2.36. The van der Waals surface area contributed by atoms with Crippen LogP contribution in [0.3, 0.4) is 0 Å². The van der Waals surface area contributed by atoms with Crippen LogP contribution in [0, 0.1) is 6.92 Å². The zero-order valence-corrected chi connectivity index (χ0v) is 17.5. The number of rotatable bonds is 5.